The highest BCUT2D eigenvalue weighted by molar-refractivity contribution is 7.91. The van der Waals surface area contributed by atoms with Gasteiger partial charge in [-0.2, -0.15) is 0 Å². The first-order valence-corrected chi connectivity index (χ1v) is 10.4. The van der Waals surface area contributed by atoms with E-state index < -0.39 is 9.84 Å². The number of carbonyl (C=O) groups excluding carboxylic acids is 1. The second-order valence-corrected chi connectivity index (χ2v) is 8.74. The van der Waals surface area contributed by atoms with Crippen LogP contribution in [0.4, 0.5) is 17.1 Å². The molecule has 0 saturated carbocycles. The number of anilines is 3. The Morgan fingerprint density at radius 3 is 2.39 bits per heavy atom. The summed E-state index contributed by atoms with van der Waals surface area (Å²) in [5, 5.41) is 2.90. The van der Waals surface area contributed by atoms with Crippen molar-refractivity contribution >= 4 is 57.6 Å². The Hall–Kier alpha value is -1.96. The minimum atomic E-state index is -2.91. The molecule has 3 rings (SSSR count). The monoisotopic (exact) mass is 445 g/mol. The molecule has 0 radical (unpaired) electrons. The van der Waals surface area contributed by atoms with Crippen molar-refractivity contribution in [2.45, 2.75) is 12.8 Å². The summed E-state index contributed by atoms with van der Waals surface area (Å²) in [6.07, 6.45) is 0.933. The lowest BCUT2D eigenvalue weighted by molar-refractivity contribution is -0.116. The van der Waals surface area contributed by atoms with Crippen LogP contribution in [0.5, 0.6) is 0 Å². The average Bonchev–Trinajstić information content (AvgIpc) is 2.61. The van der Waals surface area contributed by atoms with Gasteiger partial charge in [0.15, 0.2) is 9.84 Å². The van der Waals surface area contributed by atoms with Crippen molar-refractivity contribution in [2.75, 3.05) is 40.5 Å². The van der Waals surface area contributed by atoms with Gasteiger partial charge in [-0.15, -0.1) is 24.8 Å². The number of para-hydroxylation sites is 1. The van der Waals surface area contributed by atoms with E-state index in [1.54, 1.807) is 0 Å². The molecule has 9 heteroatoms. The Balaban J connectivity index is 0.00000196. The molecule has 6 nitrogen and oxygen atoms in total. The number of nitrogens with one attached hydrogen (secondary N) is 1. The maximum atomic E-state index is 12.2. The van der Waals surface area contributed by atoms with Gasteiger partial charge in [-0.1, -0.05) is 24.3 Å². The third-order valence-corrected chi connectivity index (χ3v) is 6.13. The van der Waals surface area contributed by atoms with Gasteiger partial charge in [-0.05, 0) is 36.2 Å². The summed E-state index contributed by atoms with van der Waals surface area (Å²) >= 11 is 0. The zero-order chi connectivity index (χ0) is 18.6. The van der Waals surface area contributed by atoms with Gasteiger partial charge in [0.2, 0.25) is 5.91 Å². The van der Waals surface area contributed by atoms with E-state index in [9.17, 15) is 13.2 Å². The van der Waals surface area contributed by atoms with Crippen LogP contribution in [0.15, 0.2) is 48.5 Å². The van der Waals surface area contributed by atoms with Crippen molar-refractivity contribution < 1.29 is 13.2 Å². The molecule has 2 aromatic rings. The summed E-state index contributed by atoms with van der Waals surface area (Å²) in [5.41, 5.74) is 9.19. The summed E-state index contributed by atoms with van der Waals surface area (Å²) in [5.74, 6) is 0.260. The average molecular weight is 446 g/mol. The van der Waals surface area contributed by atoms with Gasteiger partial charge < -0.3 is 16.0 Å². The summed E-state index contributed by atoms with van der Waals surface area (Å²) in [7, 11) is -2.91. The smallest absolute Gasteiger partial charge is 0.224 e. The number of hydrogen-bond donors (Lipinski definition) is 2. The zero-order valence-electron chi connectivity index (χ0n) is 15.3. The number of amides is 1. The van der Waals surface area contributed by atoms with Crippen LogP contribution in [0.1, 0.15) is 12.0 Å². The van der Waals surface area contributed by atoms with Crippen molar-refractivity contribution in [3.63, 3.8) is 0 Å². The predicted octanol–water partition coefficient (Wildman–Crippen LogP) is 2.92. The normalized spacial score (nSPS) is 15.1. The summed E-state index contributed by atoms with van der Waals surface area (Å²) < 4.78 is 23.1. The number of nitrogen functional groups attached to an aromatic ring is 1. The molecule has 0 unspecified atom stereocenters. The molecule has 0 bridgehead atoms. The van der Waals surface area contributed by atoms with Crippen molar-refractivity contribution in [1.82, 2.24) is 0 Å². The van der Waals surface area contributed by atoms with E-state index in [1.807, 2.05) is 53.4 Å². The molecule has 1 fully saturated rings. The van der Waals surface area contributed by atoms with E-state index in [1.165, 1.54) is 0 Å². The van der Waals surface area contributed by atoms with Crippen molar-refractivity contribution in [3.8, 4) is 0 Å². The molecule has 2 aromatic carbocycles. The molecular weight excluding hydrogens is 421 g/mol. The van der Waals surface area contributed by atoms with E-state index in [0.29, 0.717) is 37.3 Å². The lowest BCUT2D eigenvalue weighted by Gasteiger charge is -2.29. The molecule has 0 aliphatic carbocycles. The van der Waals surface area contributed by atoms with Crippen LogP contribution in [0.2, 0.25) is 0 Å². The number of nitrogens with zero attached hydrogens (tertiary/aromatic N) is 1. The zero-order valence-corrected chi connectivity index (χ0v) is 17.8. The Labute approximate surface area is 178 Å². The Kier molecular flexibility index (Phi) is 9.07. The van der Waals surface area contributed by atoms with E-state index >= 15 is 0 Å². The number of carbonyl (C=O) groups is 1. The largest absolute Gasteiger partial charge is 0.399 e. The fourth-order valence-corrected chi connectivity index (χ4v) is 4.19. The number of halogens is 2. The summed E-state index contributed by atoms with van der Waals surface area (Å²) in [6.45, 7) is 0.958. The summed E-state index contributed by atoms with van der Waals surface area (Å²) in [4.78, 5) is 14.3. The van der Waals surface area contributed by atoms with Crippen LogP contribution in [0.3, 0.4) is 0 Å². The maximum absolute atomic E-state index is 12.2. The Bertz CT molecular complexity index is 893. The van der Waals surface area contributed by atoms with E-state index in [2.05, 4.69) is 5.32 Å². The molecule has 0 aromatic heterocycles. The minimum Gasteiger partial charge on any atom is -0.399 e. The highest BCUT2D eigenvalue weighted by atomic mass is 35.5. The number of benzene rings is 2. The van der Waals surface area contributed by atoms with E-state index in [-0.39, 0.29) is 42.2 Å². The quantitative estimate of drug-likeness (QED) is 0.690. The van der Waals surface area contributed by atoms with Gasteiger partial charge in [0.1, 0.15) is 0 Å². The summed E-state index contributed by atoms with van der Waals surface area (Å²) in [6, 6.07) is 15.0. The van der Waals surface area contributed by atoms with Crippen molar-refractivity contribution in [1.29, 1.82) is 0 Å². The topological polar surface area (TPSA) is 92.5 Å². The molecule has 3 N–H and O–H groups in total. The van der Waals surface area contributed by atoms with Crippen LogP contribution in [0.25, 0.3) is 0 Å². The molecule has 1 amide bonds. The molecule has 154 valence electrons. The van der Waals surface area contributed by atoms with E-state index in [0.717, 1.165) is 11.3 Å². The number of rotatable bonds is 5. The lowest BCUT2D eigenvalue weighted by Crippen LogP contribution is -2.40. The van der Waals surface area contributed by atoms with Crippen LogP contribution < -0.4 is 16.0 Å². The first-order valence-electron chi connectivity index (χ1n) is 8.62. The fraction of sp³-hybridized carbons (Fsp3) is 0.316. The van der Waals surface area contributed by atoms with Crippen LogP contribution in [0, 0.1) is 0 Å². The molecule has 28 heavy (non-hydrogen) atoms. The standard InChI is InChI=1S/C19H23N3O3S.2ClH/c20-18-7-2-1-4-15(18)8-9-19(23)21-16-5-3-6-17(14-16)22-10-12-26(24,25)13-11-22;;/h1-7,14H,8-13,20H2,(H,21,23);2*1H. The molecule has 1 saturated heterocycles. The second kappa shape index (κ2) is 10.5. The first kappa shape index (κ1) is 24.1. The second-order valence-electron chi connectivity index (χ2n) is 6.44. The third-order valence-electron chi connectivity index (χ3n) is 4.52. The Morgan fingerprint density at radius 2 is 1.71 bits per heavy atom. The van der Waals surface area contributed by atoms with Crippen LogP contribution >= 0.6 is 24.8 Å². The SMILES string of the molecule is Cl.Cl.Nc1ccccc1CCC(=O)Nc1cccc(N2CCS(=O)(=O)CC2)c1. The van der Waals surface area contributed by atoms with Gasteiger partial charge in [-0.25, -0.2) is 8.42 Å². The van der Waals surface area contributed by atoms with Crippen molar-refractivity contribution in [3.05, 3.63) is 54.1 Å². The van der Waals surface area contributed by atoms with E-state index in [4.69, 9.17) is 5.73 Å². The van der Waals surface area contributed by atoms with Crippen molar-refractivity contribution in [2.24, 2.45) is 0 Å². The maximum Gasteiger partial charge on any atom is 0.224 e. The molecule has 0 atom stereocenters. The first-order chi connectivity index (χ1) is 12.4. The number of nitrogens with two attached hydrogens (primary N) is 1. The van der Waals surface area contributed by atoms with Gasteiger partial charge in [0.25, 0.3) is 0 Å². The number of hydrogen-bond acceptors (Lipinski definition) is 5. The van der Waals surface area contributed by atoms with Gasteiger partial charge >= 0.3 is 0 Å². The number of aryl methyl sites for hydroxylation is 1. The van der Waals surface area contributed by atoms with Gasteiger partial charge in [-0.3, -0.25) is 4.79 Å². The molecule has 1 aliphatic rings. The highest BCUT2D eigenvalue weighted by Gasteiger charge is 2.21. The third kappa shape index (κ3) is 6.58. The highest BCUT2D eigenvalue weighted by Crippen LogP contribution is 2.22. The fourth-order valence-electron chi connectivity index (χ4n) is 2.98. The molecule has 1 aliphatic heterocycles. The number of sulfone groups is 1. The molecular formula is C19H25Cl2N3O3S. The minimum absolute atomic E-state index is 0. The molecule has 1 heterocycles. The predicted molar refractivity (Wildman–Crippen MR) is 120 cm³/mol. The van der Waals surface area contributed by atoms with Crippen LogP contribution in [-0.4, -0.2) is 38.9 Å². The van der Waals surface area contributed by atoms with Gasteiger partial charge in [0.05, 0.1) is 11.5 Å². The Morgan fingerprint density at radius 1 is 1.04 bits per heavy atom. The van der Waals surface area contributed by atoms with Crippen LogP contribution in [-0.2, 0) is 21.1 Å². The lowest BCUT2D eigenvalue weighted by atomic mass is 10.1. The van der Waals surface area contributed by atoms with Gasteiger partial charge in [0, 0.05) is 36.6 Å². The molecule has 0 spiro atoms.